The third-order valence-corrected chi connectivity index (χ3v) is 8.53. The number of carboxylic acids is 1. The number of rotatable bonds is 6. The number of alkyl halides is 6. The van der Waals surface area contributed by atoms with Gasteiger partial charge in [-0.1, -0.05) is 11.6 Å². The molecule has 190 valence electrons. The minimum Gasteiger partial charge on any atom is -0.548 e. The van der Waals surface area contributed by atoms with Gasteiger partial charge in [-0.05, 0) is 38.3 Å². The van der Waals surface area contributed by atoms with Gasteiger partial charge in [0.1, 0.15) is 11.2 Å². The van der Waals surface area contributed by atoms with Crippen LogP contribution >= 0.6 is 11.6 Å². The quantitative estimate of drug-likeness (QED) is 0.354. The summed E-state index contributed by atoms with van der Waals surface area (Å²) in [5.74, 6) is -3.85. The second-order valence-corrected chi connectivity index (χ2v) is 10.8. The summed E-state index contributed by atoms with van der Waals surface area (Å²) in [6.45, 7) is -0.131. The standard InChI is InChI=1S/C19H18ClF6NO6S.Li/c1-9(18(21,22)23)33-10-2-3-14(12(20)6-10)34(31,32)11-7-13(15(28)29)27(8-11)16(30)17(4-5-17)19(24,25)26;/h2-3,6,9,11,13H,4-5,7-8H2,1H3,(H,28,29);/q;+1/p-1/t9-,11+,13-;/m0./s1. The van der Waals surface area contributed by atoms with Gasteiger partial charge in [0.05, 0.1) is 27.2 Å². The van der Waals surface area contributed by atoms with Crippen molar-refractivity contribution in [1.29, 1.82) is 0 Å². The maximum absolute atomic E-state index is 13.4. The second kappa shape index (κ2) is 9.68. The molecule has 1 aliphatic heterocycles. The first-order chi connectivity index (χ1) is 15.4. The first-order valence-electron chi connectivity index (χ1n) is 9.77. The summed E-state index contributed by atoms with van der Waals surface area (Å²) in [7, 11) is -4.51. The van der Waals surface area contributed by atoms with Crippen LogP contribution in [0.15, 0.2) is 23.1 Å². The van der Waals surface area contributed by atoms with Gasteiger partial charge in [0, 0.05) is 12.6 Å². The number of hydrogen-bond acceptors (Lipinski definition) is 6. The number of sulfone groups is 1. The number of halogens is 7. The van der Waals surface area contributed by atoms with E-state index in [1.165, 1.54) is 0 Å². The fraction of sp³-hybridized carbons (Fsp3) is 0.579. The second-order valence-electron chi connectivity index (χ2n) is 8.17. The molecule has 7 nitrogen and oxygen atoms in total. The van der Waals surface area contributed by atoms with Crippen LogP contribution in [-0.2, 0) is 19.4 Å². The Kier molecular flexibility index (Phi) is 8.19. The Bertz CT molecular complexity index is 1110. The first-order valence-corrected chi connectivity index (χ1v) is 11.7. The summed E-state index contributed by atoms with van der Waals surface area (Å²) >= 11 is 5.93. The largest absolute Gasteiger partial charge is 1.00 e. The van der Waals surface area contributed by atoms with E-state index in [9.17, 15) is 49.5 Å². The zero-order chi connectivity index (χ0) is 25.9. The van der Waals surface area contributed by atoms with E-state index in [0.29, 0.717) is 4.90 Å². The van der Waals surface area contributed by atoms with Crippen LogP contribution in [0.3, 0.4) is 0 Å². The molecule has 1 aliphatic carbocycles. The van der Waals surface area contributed by atoms with Crippen molar-refractivity contribution in [2.45, 2.75) is 60.8 Å². The Hall–Kier alpha value is -1.62. The summed E-state index contributed by atoms with van der Waals surface area (Å²) in [6, 6.07) is 0.638. The van der Waals surface area contributed by atoms with Crippen LogP contribution in [0.5, 0.6) is 5.75 Å². The van der Waals surface area contributed by atoms with Gasteiger partial charge in [0.25, 0.3) is 0 Å². The molecule has 1 amide bonds. The van der Waals surface area contributed by atoms with Gasteiger partial charge in [0.15, 0.2) is 15.9 Å². The zero-order valence-electron chi connectivity index (χ0n) is 18.2. The third kappa shape index (κ3) is 5.55. The number of amides is 1. The van der Waals surface area contributed by atoms with Crippen molar-refractivity contribution in [3.63, 3.8) is 0 Å². The predicted octanol–water partition coefficient (Wildman–Crippen LogP) is -0.491. The monoisotopic (exact) mass is 543 g/mol. The smallest absolute Gasteiger partial charge is 0.548 e. The molecular formula is C19H17ClF6LiNO6S. The van der Waals surface area contributed by atoms with Crippen LogP contribution in [0.2, 0.25) is 5.02 Å². The number of nitrogens with zero attached hydrogens (tertiary/aromatic N) is 1. The topological polar surface area (TPSA) is 104 Å². The van der Waals surface area contributed by atoms with Crippen molar-refractivity contribution in [2.24, 2.45) is 5.41 Å². The van der Waals surface area contributed by atoms with Crippen LogP contribution in [0.1, 0.15) is 26.2 Å². The number of likely N-dealkylation sites (tertiary alicyclic amines) is 1. The fourth-order valence-electron chi connectivity index (χ4n) is 3.72. The number of carbonyl (C=O) groups excluding carboxylic acids is 2. The summed E-state index contributed by atoms with van der Waals surface area (Å²) < 4.78 is 109. The molecule has 0 spiro atoms. The molecule has 1 aromatic rings. The molecule has 1 saturated heterocycles. The maximum atomic E-state index is 13.4. The number of carboxylic acid groups (broad SMARTS) is 1. The van der Waals surface area contributed by atoms with Crippen molar-refractivity contribution >= 4 is 33.3 Å². The van der Waals surface area contributed by atoms with Crippen molar-refractivity contribution in [1.82, 2.24) is 4.90 Å². The zero-order valence-corrected chi connectivity index (χ0v) is 19.8. The molecule has 2 fully saturated rings. The summed E-state index contributed by atoms with van der Waals surface area (Å²) in [5, 5.41) is 9.32. The molecule has 0 N–H and O–H groups in total. The predicted molar refractivity (Wildman–Crippen MR) is 101 cm³/mol. The number of benzene rings is 1. The molecule has 2 aliphatic rings. The minimum absolute atomic E-state index is 0. The molecule has 1 heterocycles. The van der Waals surface area contributed by atoms with Gasteiger partial charge in [0.2, 0.25) is 5.91 Å². The van der Waals surface area contributed by atoms with Crippen LogP contribution in [0.25, 0.3) is 0 Å². The van der Waals surface area contributed by atoms with Crippen molar-refractivity contribution < 1.29 is 73.1 Å². The summed E-state index contributed by atoms with van der Waals surface area (Å²) in [5.41, 5.74) is -2.76. The molecule has 1 saturated carbocycles. The molecule has 0 aromatic heterocycles. The van der Waals surface area contributed by atoms with Crippen LogP contribution < -0.4 is 28.7 Å². The van der Waals surface area contributed by atoms with E-state index in [2.05, 4.69) is 4.74 Å². The Morgan fingerprint density at radius 1 is 1.20 bits per heavy atom. The number of carbonyl (C=O) groups is 2. The first kappa shape index (κ1) is 29.6. The van der Waals surface area contributed by atoms with E-state index >= 15 is 0 Å². The number of hydrogen-bond donors (Lipinski definition) is 0. The van der Waals surface area contributed by atoms with E-state index in [1.807, 2.05) is 0 Å². The van der Waals surface area contributed by atoms with E-state index in [4.69, 9.17) is 11.6 Å². The molecule has 3 rings (SSSR count). The Balaban J connectivity index is 0.00000432. The summed E-state index contributed by atoms with van der Waals surface area (Å²) in [6.07, 6.45) is -13.7. The van der Waals surface area contributed by atoms with Crippen LogP contribution in [0, 0.1) is 5.41 Å². The van der Waals surface area contributed by atoms with E-state index < -0.39 is 98.4 Å². The fourth-order valence-corrected chi connectivity index (χ4v) is 5.96. The van der Waals surface area contributed by atoms with Gasteiger partial charge in [-0.25, -0.2) is 8.42 Å². The normalized spacial score (nSPS) is 22.8. The van der Waals surface area contributed by atoms with Crippen LogP contribution in [0.4, 0.5) is 26.3 Å². The van der Waals surface area contributed by atoms with E-state index in [-0.39, 0.29) is 18.9 Å². The Morgan fingerprint density at radius 3 is 2.20 bits per heavy atom. The number of ether oxygens (including phenoxy) is 1. The van der Waals surface area contributed by atoms with Crippen molar-refractivity contribution in [3.8, 4) is 5.75 Å². The molecule has 35 heavy (non-hydrogen) atoms. The number of aliphatic carboxylic acids is 1. The Morgan fingerprint density at radius 2 is 1.77 bits per heavy atom. The van der Waals surface area contributed by atoms with E-state index in [1.54, 1.807) is 0 Å². The molecule has 1 aromatic carbocycles. The molecule has 3 atom stereocenters. The average molecular weight is 544 g/mol. The maximum Gasteiger partial charge on any atom is 1.00 e. The van der Waals surface area contributed by atoms with Gasteiger partial charge in [-0.15, -0.1) is 0 Å². The average Bonchev–Trinajstić information content (AvgIpc) is 3.38. The summed E-state index contributed by atoms with van der Waals surface area (Å²) in [4.78, 5) is 23.8. The van der Waals surface area contributed by atoms with Crippen molar-refractivity contribution in [2.75, 3.05) is 6.54 Å². The van der Waals surface area contributed by atoms with Gasteiger partial charge >= 0.3 is 31.2 Å². The van der Waals surface area contributed by atoms with Crippen LogP contribution in [-0.4, -0.2) is 61.5 Å². The van der Waals surface area contributed by atoms with Gasteiger partial charge in [-0.3, -0.25) is 4.79 Å². The Labute approximate surface area is 212 Å². The van der Waals surface area contributed by atoms with E-state index in [0.717, 1.165) is 25.1 Å². The molecule has 0 radical (unpaired) electrons. The molecule has 0 unspecified atom stereocenters. The minimum atomic E-state index is -4.94. The third-order valence-electron chi connectivity index (χ3n) is 5.92. The molecular weight excluding hydrogens is 527 g/mol. The molecule has 16 heteroatoms. The molecule has 0 bridgehead atoms. The SMILES string of the molecule is C[C@H](Oc1ccc(S(=O)(=O)[C@@H]2C[C@@H](C(=O)[O-])N(C(=O)C3(C(F)(F)F)CC3)C2)c(Cl)c1)C(F)(F)F.[Li+]. The van der Waals surface area contributed by atoms with Gasteiger partial charge in [-0.2, -0.15) is 26.3 Å². The van der Waals surface area contributed by atoms with Gasteiger partial charge < -0.3 is 19.5 Å². The van der Waals surface area contributed by atoms with Crippen molar-refractivity contribution in [3.05, 3.63) is 23.2 Å².